The molecule has 2 rings (SSSR count). The number of aryl methyl sites for hydroxylation is 1. The summed E-state index contributed by atoms with van der Waals surface area (Å²) < 4.78 is 0.880. The Hall–Kier alpha value is -0.830. The van der Waals surface area contributed by atoms with E-state index >= 15 is 0 Å². The van der Waals surface area contributed by atoms with E-state index in [2.05, 4.69) is 39.0 Å². The maximum atomic E-state index is 4.22. The second kappa shape index (κ2) is 3.50. The van der Waals surface area contributed by atoms with Crippen LogP contribution in [0, 0.1) is 0 Å². The first-order valence-electron chi connectivity index (χ1n) is 4.42. The summed E-state index contributed by atoms with van der Waals surface area (Å²) in [6.07, 6.45) is 6.27. The van der Waals surface area contributed by atoms with Crippen molar-refractivity contribution in [3.8, 4) is 0 Å². The van der Waals surface area contributed by atoms with Gasteiger partial charge < -0.3 is 4.98 Å². The molecule has 0 aliphatic rings. The molecule has 0 radical (unpaired) electrons. The molecule has 0 aliphatic carbocycles. The standard InChI is InChI=1S/C10H11BrN2/c1-2-3-7-5-12-9-4-10(11)13-6-8(7)9/h4-6,12H,2-3H2,1H3. The van der Waals surface area contributed by atoms with Gasteiger partial charge in [-0.25, -0.2) is 4.98 Å². The van der Waals surface area contributed by atoms with Crippen LogP contribution in [0.4, 0.5) is 0 Å². The number of aromatic nitrogens is 2. The van der Waals surface area contributed by atoms with Crippen molar-refractivity contribution >= 4 is 26.8 Å². The largest absolute Gasteiger partial charge is 0.361 e. The Balaban J connectivity index is 2.55. The normalized spacial score (nSPS) is 10.9. The van der Waals surface area contributed by atoms with Gasteiger partial charge in [-0.15, -0.1) is 0 Å². The highest BCUT2D eigenvalue weighted by Crippen LogP contribution is 2.20. The molecular formula is C10H11BrN2. The highest BCUT2D eigenvalue weighted by Gasteiger charge is 2.02. The van der Waals surface area contributed by atoms with Crippen molar-refractivity contribution in [2.45, 2.75) is 19.8 Å². The van der Waals surface area contributed by atoms with Crippen LogP contribution >= 0.6 is 15.9 Å². The molecule has 2 heterocycles. The van der Waals surface area contributed by atoms with Gasteiger partial charge in [0.2, 0.25) is 0 Å². The van der Waals surface area contributed by atoms with E-state index in [-0.39, 0.29) is 0 Å². The van der Waals surface area contributed by atoms with E-state index < -0.39 is 0 Å². The molecule has 0 spiro atoms. The molecule has 13 heavy (non-hydrogen) atoms. The van der Waals surface area contributed by atoms with Gasteiger partial charge in [0.1, 0.15) is 4.60 Å². The van der Waals surface area contributed by atoms with Crippen molar-refractivity contribution in [1.29, 1.82) is 0 Å². The van der Waals surface area contributed by atoms with Crippen LogP contribution in [-0.2, 0) is 6.42 Å². The number of nitrogens with one attached hydrogen (secondary N) is 1. The van der Waals surface area contributed by atoms with Crippen molar-refractivity contribution in [3.05, 3.63) is 28.6 Å². The first-order chi connectivity index (χ1) is 6.31. The lowest BCUT2D eigenvalue weighted by molar-refractivity contribution is 0.928. The van der Waals surface area contributed by atoms with Crippen molar-refractivity contribution in [2.24, 2.45) is 0 Å². The summed E-state index contributed by atoms with van der Waals surface area (Å²) in [6.45, 7) is 2.19. The zero-order chi connectivity index (χ0) is 9.26. The van der Waals surface area contributed by atoms with Crippen LogP contribution in [0.5, 0.6) is 0 Å². The van der Waals surface area contributed by atoms with Gasteiger partial charge in [-0.05, 0) is 34.0 Å². The third kappa shape index (κ3) is 1.61. The Morgan fingerprint density at radius 1 is 1.54 bits per heavy atom. The molecular weight excluding hydrogens is 228 g/mol. The van der Waals surface area contributed by atoms with Gasteiger partial charge in [-0.1, -0.05) is 13.3 Å². The van der Waals surface area contributed by atoms with E-state index in [0.717, 1.165) is 16.5 Å². The Labute approximate surface area is 85.5 Å². The molecule has 68 valence electrons. The number of H-pyrrole nitrogens is 1. The fourth-order valence-electron chi connectivity index (χ4n) is 1.52. The highest BCUT2D eigenvalue weighted by molar-refractivity contribution is 9.10. The number of hydrogen-bond donors (Lipinski definition) is 1. The first-order valence-corrected chi connectivity index (χ1v) is 5.22. The minimum absolute atomic E-state index is 0.880. The third-order valence-electron chi connectivity index (χ3n) is 2.14. The van der Waals surface area contributed by atoms with Gasteiger partial charge >= 0.3 is 0 Å². The molecule has 2 aromatic rings. The molecule has 0 unspecified atom stereocenters. The lowest BCUT2D eigenvalue weighted by atomic mass is 10.1. The Morgan fingerprint density at radius 3 is 3.15 bits per heavy atom. The third-order valence-corrected chi connectivity index (χ3v) is 2.57. The van der Waals surface area contributed by atoms with Crippen molar-refractivity contribution in [3.63, 3.8) is 0 Å². The fourth-order valence-corrected chi connectivity index (χ4v) is 1.86. The van der Waals surface area contributed by atoms with Crippen LogP contribution in [0.3, 0.4) is 0 Å². The molecule has 0 aromatic carbocycles. The van der Waals surface area contributed by atoms with Gasteiger partial charge in [-0.3, -0.25) is 0 Å². The maximum Gasteiger partial charge on any atom is 0.108 e. The molecule has 3 heteroatoms. The van der Waals surface area contributed by atoms with Crippen molar-refractivity contribution in [1.82, 2.24) is 9.97 Å². The van der Waals surface area contributed by atoms with Crippen LogP contribution in [0.1, 0.15) is 18.9 Å². The van der Waals surface area contributed by atoms with Crippen LogP contribution in [0.2, 0.25) is 0 Å². The molecule has 0 amide bonds. The van der Waals surface area contributed by atoms with Crippen LogP contribution < -0.4 is 0 Å². The summed E-state index contributed by atoms with van der Waals surface area (Å²) in [5.74, 6) is 0. The van der Waals surface area contributed by atoms with Gasteiger partial charge in [0, 0.05) is 23.3 Å². The van der Waals surface area contributed by atoms with Gasteiger partial charge in [0.25, 0.3) is 0 Å². The molecule has 2 aromatic heterocycles. The summed E-state index contributed by atoms with van der Waals surface area (Å²) in [7, 11) is 0. The molecule has 0 saturated carbocycles. The number of hydrogen-bond acceptors (Lipinski definition) is 1. The monoisotopic (exact) mass is 238 g/mol. The summed E-state index contributed by atoms with van der Waals surface area (Å²) in [4.78, 5) is 7.46. The fraction of sp³-hybridized carbons (Fsp3) is 0.300. The second-order valence-corrected chi connectivity index (χ2v) is 3.93. The van der Waals surface area contributed by atoms with Gasteiger partial charge in [-0.2, -0.15) is 0 Å². The molecule has 0 atom stereocenters. The number of nitrogens with zero attached hydrogens (tertiary/aromatic N) is 1. The summed E-state index contributed by atoms with van der Waals surface area (Å²) in [5.41, 5.74) is 2.52. The molecule has 0 fully saturated rings. The number of pyridine rings is 1. The predicted molar refractivity (Wildman–Crippen MR) is 57.8 cm³/mol. The van der Waals surface area contributed by atoms with E-state index in [1.807, 2.05) is 12.3 Å². The van der Waals surface area contributed by atoms with Gasteiger partial charge in [0.05, 0.1) is 0 Å². The minimum Gasteiger partial charge on any atom is -0.361 e. The molecule has 0 saturated heterocycles. The zero-order valence-electron chi connectivity index (χ0n) is 7.47. The Bertz CT molecular complexity index is 420. The maximum absolute atomic E-state index is 4.22. The minimum atomic E-state index is 0.880. The molecule has 0 aliphatic heterocycles. The van der Waals surface area contributed by atoms with E-state index in [1.165, 1.54) is 17.4 Å². The highest BCUT2D eigenvalue weighted by atomic mass is 79.9. The van der Waals surface area contributed by atoms with E-state index in [1.54, 1.807) is 0 Å². The average molecular weight is 239 g/mol. The van der Waals surface area contributed by atoms with E-state index in [9.17, 15) is 0 Å². The number of halogens is 1. The van der Waals surface area contributed by atoms with Crippen molar-refractivity contribution < 1.29 is 0 Å². The zero-order valence-corrected chi connectivity index (χ0v) is 9.06. The van der Waals surface area contributed by atoms with Crippen LogP contribution in [0.15, 0.2) is 23.1 Å². The summed E-state index contributed by atoms with van der Waals surface area (Å²) >= 11 is 3.35. The SMILES string of the molecule is CCCc1c[nH]c2cc(Br)ncc12. The van der Waals surface area contributed by atoms with E-state index in [0.29, 0.717) is 0 Å². The number of rotatable bonds is 2. The Kier molecular flexibility index (Phi) is 2.36. The van der Waals surface area contributed by atoms with E-state index in [4.69, 9.17) is 0 Å². The van der Waals surface area contributed by atoms with Gasteiger partial charge in [0.15, 0.2) is 0 Å². The van der Waals surface area contributed by atoms with Crippen LogP contribution in [-0.4, -0.2) is 9.97 Å². The topological polar surface area (TPSA) is 28.7 Å². The average Bonchev–Trinajstić information content (AvgIpc) is 2.49. The first kappa shape index (κ1) is 8.75. The lowest BCUT2D eigenvalue weighted by Gasteiger charge is -1.94. The number of aromatic amines is 1. The molecule has 0 bridgehead atoms. The summed E-state index contributed by atoms with van der Waals surface area (Å²) in [5, 5.41) is 1.24. The quantitative estimate of drug-likeness (QED) is 0.800. The number of fused-ring (bicyclic) bond motifs is 1. The Morgan fingerprint density at radius 2 is 2.38 bits per heavy atom. The summed E-state index contributed by atoms with van der Waals surface area (Å²) in [6, 6.07) is 2.01. The predicted octanol–water partition coefficient (Wildman–Crippen LogP) is 3.28. The smallest absolute Gasteiger partial charge is 0.108 e. The van der Waals surface area contributed by atoms with Crippen LogP contribution in [0.25, 0.3) is 10.9 Å². The van der Waals surface area contributed by atoms with Crippen molar-refractivity contribution in [2.75, 3.05) is 0 Å². The molecule has 1 N–H and O–H groups in total. The second-order valence-electron chi connectivity index (χ2n) is 3.12. The lowest BCUT2D eigenvalue weighted by Crippen LogP contribution is -1.80. The molecule has 2 nitrogen and oxygen atoms in total.